The maximum Gasteiger partial charge on any atom is 0.266 e. The van der Waals surface area contributed by atoms with Crippen molar-refractivity contribution in [2.75, 3.05) is 12.4 Å². The van der Waals surface area contributed by atoms with E-state index in [1.54, 1.807) is 30.3 Å². The highest BCUT2D eigenvalue weighted by molar-refractivity contribution is 6.42. The predicted octanol–water partition coefficient (Wildman–Crippen LogP) is 7.28. The highest BCUT2D eigenvalue weighted by Gasteiger charge is 2.15. The number of fused-ring (bicyclic) bond motifs is 1. The number of carbonyl (C=O) groups excluding carboxylic acids is 1. The van der Waals surface area contributed by atoms with Gasteiger partial charge in [0, 0.05) is 11.3 Å². The van der Waals surface area contributed by atoms with Crippen LogP contribution in [0.1, 0.15) is 11.1 Å². The van der Waals surface area contributed by atoms with Crippen LogP contribution in [0.5, 0.6) is 11.5 Å². The molecule has 4 rings (SSSR count). The van der Waals surface area contributed by atoms with Gasteiger partial charge in [0.15, 0.2) is 11.5 Å². The Morgan fingerprint density at radius 1 is 1.00 bits per heavy atom. The van der Waals surface area contributed by atoms with Crippen LogP contribution in [-0.4, -0.2) is 13.0 Å². The Bertz CT molecular complexity index is 1470. The maximum absolute atomic E-state index is 12.8. The summed E-state index contributed by atoms with van der Waals surface area (Å²) in [6.45, 7) is 0.278. The second-order valence-corrected chi connectivity index (χ2v) is 8.37. The van der Waals surface area contributed by atoms with Crippen molar-refractivity contribution in [3.8, 4) is 17.6 Å². The summed E-state index contributed by atoms with van der Waals surface area (Å²) in [6.07, 6.45) is 1.47. The van der Waals surface area contributed by atoms with Gasteiger partial charge in [-0.05, 0) is 46.7 Å². The number of nitriles is 1. The minimum atomic E-state index is -0.589. The number of ether oxygens (including phenoxy) is 2. The lowest BCUT2D eigenvalue weighted by Crippen LogP contribution is -2.13. The molecule has 0 bridgehead atoms. The number of benzene rings is 4. The van der Waals surface area contributed by atoms with Gasteiger partial charge in [-0.1, -0.05) is 77.8 Å². The first kappa shape index (κ1) is 24.2. The van der Waals surface area contributed by atoms with E-state index in [0.717, 1.165) is 16.3 Å². The Morgan fingerprint density at radius 2 is 1.77 bits per heavy atom. The van der Waals surface area contributed by atoms with Gasteiger partial charge >= 0.3 is 0 Å². The lowest BCUT2D eigenvalue weighted by molar-refractivity contribution is -0.112. The number of hydrogen-bond acceptors (Lipinski definition) is 4. The van der Waals surface area contributed by atoms with Crippen molar-refractivity contribution < 1.29 is 14.3 Å². The molecule has 35 heavy (non-hydrogen) atoms. The fourth-order valence-electron chi connectivity index (χ4n) is 3.61. The Morgan fingerprint density at radius 3 is 2.54 bits per heavy atom. The molecule has 0 aliphatic rings. The Balaban J connectivity index is 1.63. The highest BCUT2D eigenvalue weighted by atomic mass is 35.5. The van der Waals surface area contributed by atoms with Crippen LogP contribution in [0.4, 0.5) is 5.69 Å². The normalized spacial score (nSPS) is 11.1. The summed E-state index contributed by atoms with van der Waals surface area (Å²) in [5.74, 6) is 0.327. The number of carbonyl (C=O) groups is 1. The largest absolute Gasteiger partial charge is 0.493 e. The van der Waals surface area contributed by atoms with Gasteiger partial charge in [-0.25, -0.2) is 0 Å². The van der Waals surface area contributed by atoms with Gasteiger partial charge in [0.25, 0.3) is 5.91 Å². The zero-order chi connectivity index (χ0) is 24.8. The van der Waals surface area contributed by atoms with Gasteiger partial charge in [-0.3, -0.25) is 4.79 Å². The Hall–Kier alpha value is -3.98. The minimum Gasteiger partial charge on any atom is -0.493 e. The topological polar surface area (TPSA) is 71.3 Å². The number of para-hydroxylation sites is 1. The molecule has 0 fully saturated rings. The van der Waals surface area contributed by atoms with Gasteiger partial charge in [0.2, 0.25) is 0 Å². The number of nitrogens with one attached hydrogen (secondary N) is 1. The zero-order valence-corrected chi connectivity index (χ0v) is 20.2. The molecule has 0 atom stereocenters. The molecular weight excluding hydrogens is 483 g/mol. The Labute approximate surface area is 213 Å². The van der Waals surface area contributed by atoms with Crippen LogP contribution in [0.15, 0.2) is 84.4 Å². The van der Waals surface area contributed by atoms with Crippen molar-refractivity contribution in [2.45, 2.75) is 6.61 Å². The van der Waals surface area contributed by atoms with Crippen molar-refractivity contribution in [3.05, 3.63) is 106 Å². The molecule has 0 aromatic heterocycles. The monoisotopic (exact) mass is 502 g/mol. The average molecular weight is 503 g/mol. The molecule has 0 saturated heterocycles. The van der Waals surface area contributed by atoms with Crippen molar-refractivity contribution in [1.82, 2.24) is 0 Å². The van der Waals surface area contributed by atoms with E-state index in [0.29, 0.717) is 32.8 Å². The molecule has 1 amide bonds. The molecule has 0 unspecified atom stereocenters. The summed E-state index contributed by atoms with van der Waals surface area (Å²) in [5, 5.41) is 15.2. The van der Waals surface area contributed by atoms with Crippen LogP contribution in [0, 0.1) is 11.3 Å². The summed E-state index contributed by atoms with van der Waals surface area (Å²) in [7, 11) is 1.54. The lowest BCUT2D eigenvalue weighted by atomic mass is 10.1. The van der Waals surface area contributed by atoms with E-state index in [1.807, 2.05) is 48.5 Å². The van der Waals surface area contributed by atoms with E-state index in [4.69, 9.17) is 32.7 Å². The molecule has 4 aromatic carbocycles. The number of methoxy groups -OCH3 is 1. The summed E-state index contributed by atoms with van der Waals surface area (Å²) in [5.41, 5.74) is 1.84. The van der Waals surface area contributed by atoms with Crippen molar-refractivity contribution in [2.24, 2.45) is 0 Å². The van der Waals surface area contributed by atoms with Crippen molar-refractivity contribution >= 4 is 51.6 Å². The quantitative estimate of drug-likeness (QED) is 0.213. The first-order valence-corrected chi connectivity index (χ1v) is 11.4. The molecule has 0 radical (unpaired) electrons. The van der Waals surface area contributed by atoms with Crippen LogP contribution in [0.25, 0.3) is 16.8 Å². The number of hydrogen-bond donors (Lipinski definition) is 1. The number of rotatable bonds is 7. The molecular formula is C28H20Cl2N2O3. The van der Waals surface area contributed by atoms with E-state index in [-0.39, 0.29) is 12.2 Å². The summed E-state index contributed by atoms with van der Waals surface area (Å²) < 4.78 is 11.7. The molecule has 0 aliphatic heterocycles. The van der Waals surface area contributed by atoms with E-state index < -0.39 is 5.91 Å². The van der Waals surface area contributed by atoms with Crippen molar-refractivity contribution in [3.63, 3.8) is 0 Å². The first-order chi connectivity index (χ1) is 17.0. The average Bonchev–Trinajstić information content (AvgIpc) is 2.88. The zero-order valence-electron chi connectivity index (χ0n) is 18.7. The van der Waals surface area contributed by atoms with E-state index in [9.17, 15) is 10.1 Å². The SMILES string of the molecule is COc1cccc(/C=C(\C#N)C(=O)Nc2ccc(Cl)c(Cl)c2)c1OCc1cccc2ccccc12. The van der Waals surface area contributed by atoms with E-state index >= 15 is 0 Å². The number of nitrogens with zero attached hydrogens (tertiary/aromatic N) is 1. The third kappa shape index (κ3) is 5.58. The molecule has 5 nitrogen and oxygen atoms in total. The predicted molar refractivity (Wildman–Crippen MR) is 140 cm³/mol. The third-order valence-electron chi connectivity index (χ3n) is 5.32. The summed E-state index contributed by atoms with van der Waals surface area (Å²) >= 11 is 12.0. The van der Waals surface area contributed by atoms with Crippen LogP contribution >= 0.6 is 23.2 Å². The van der Waals surface area contributed by atoms with Gasteiger partial charge in [-0.15, -0.1) is 0 Å². The van der Waals surface area contributed by atoms with Crippen LogP contribution in [0.2, 0.25) is 10.0 Å². The minimum absolute atomic E-state index is 0.112. The van der Waals surface area contributed by atoms with E-state index in [1.165, 1.54) is 19.3 Å². The van der Waals surface area contributed by atoms with E-state index in [2.05, 4.69) is 5.32 Å². The maximum atomic E-state index is 12.8. The van der Waals surface area contributed by atoms with Gasteiger partial charge in [0.1, 0.15) is 18.2 Å². The van der Waals surface area contributed by atoms with Crippen molar-refractivity contribution in [1.29, 1.82) is 5.26 Å². The summed E-state index contributed by atoms with van der Waals surface area (Å²) in [4.78, 5) is 12.8. The lowest BCUT2D eigenvalue weighted by Gasteiger charge is -2.15. The molecule has 4 aromatic rings. The third-order valence-corrected chi connectivity index (χ3v) is 6.06. The molecule has 0 spiro atoms. The van der Waals surface area contributed by atoms with Crippen LogP contribution in [-0.2, 0) is 11.4 Å². The smallest absolute Gasteiger partial charge is 0.266 e. The first-order valence-electron chi connectivity index (χ1n) is 10.6. The molecule has 0 aliphatic carbocycles. The van der Waals surface area contributed by atoms with Gasteiger partial charge in [-0.2, -0.15) is 5.26 Å². The Kier molecular flexibility index (Phi) is 7.57. The van der Waals surface area contributed by atoms with Crippen LogP contribution in [0.3, 0.4) is 0 Å². The molecule has 0 saturated carbocycles. The number of anilines is 1. The van der Waals surface area contributed by atoms with Gasteiger partial charge < -0.3 is 14.8 Å². The summed E-state index contributed by atoms with van der Waals surface area (Å²) in [6, 6.07) is 26.0. The fraction of sp³-hybridized carbons (Fsp3) is 0.0714. The molecule has 174 valence electrons. The van der Waals surface area contributed by atoms with Gasteiger partial charge in [0.05, 0.1) is 17.2 Å². The second-order valence-electron chi connectivity index (χ2n) is 7.56. The molecule has 7 heteroatoms. The van der Waals surface area contributed by atoms with Crippen LogP contribution < -0.4 is 14.8 Å². The molecule has 0 heterocycles. The molecule has 1 N–H and O–H groups in total. The standard InChI is InChI=1S/C28H20Cl2N2O3/c1-34-26-11-5-8-19(14-21(16-31)28(33)32-22-12-13-24(29)25(30)15-22)27(26)35-17-20-9-4-7-18-6-2-3-10-23(18)20/h2-15H,17H2,1H3,(H,32,33)/b21-14+. The fourth-order valence-corrected chi connectivity index (χ4v) is 3.90. The number of halogens is 2. The second kappa shape index (κ2) is 11.0. The number of amides is 1. The highest BCUT2D eigenvalue weighted by Crippen LogP contribution is 2.34.